The largest absolute Gasteiger partial charge is 0.325 e. The number of benzene rings is 1. The van der Waals surface area contributed by atoms with Crippen molar-refractivity contribution < 1.29 is 4.79 Å². The van der Waals surface area contributed by atoms with Crippen molar-refractivity contribution in [3.05, 3.63) is 29.3 Å². The van der Waals surface area contributed by atoms with E-state index in [0.29, 0.717) is 6.42 Å². The molecule has 82 valence electrons. The minimum Gasteiger partial charge on any atom is -0.325 e. The van der Waals surface area contributed by atoms with Gasteiger partial charge in [0.25, 0.3) is 0 Å². The second-order valence-corrected chi connectivity index (χ2v) is 3.80. The first kappa shape index (κ1) is 11.7. The number of carbonyl (C=O) groups is 1. The molecular weight excluding hydrogens is 188 g/mol. The van der Waals surface area contributed by atoms with E-state index >= 15 is 0 Å². The Bertz CT molecular complexity index is 361. The van der Waals surface area contributed by atoms with Crippen molar-refractivity contribution in [2.45, 2.75) is 33.2 Å². The van der Waals surface area contributed by atoms with Gasteiger partial charge in [-0.05, 0) is 43.5 Å². The van der Waals surface area contributed by atoms with Crippen LogP contribution >= 0.6 is 0 Å². The Labute approximate surface area is 90.7 Å². The second-order valence-electron chi connectivity index (χ2n) is 3.80. The average molecular weight is 206 g/mol. The molecule has 0 aliphatic carbocycles. The van der Waals surface area contributed by atoms with Crippen LogP contribution in [0.15, 0.2) is 18.2 Å². The monoisotopic (exact) mass is 206 g/mol. The molecule has 1 aromatic carbocycles. The van der Waals surface area contributed by atoms with Crippen LogP contribution in [0.1, 0.15) is 24.5 Å². The van der Waals surface area contributed by atoms with Crippen LogP contribution in [0, 0.1) is 13.8 Å². The smallest absolute Gasteiger partial charge is 0.241 e. The molecule has 0 radical (unpaired) electrons. The number of nitrogens with one attached hydrogen (secondary N) is 1. The number of amides is 1. The van der Waals surface area contributed by atoms with E-state index in [1.165, 1.54) is 5.56 Å². The van der Waals surface area contributed by atoms with Crippen molar-refractivity contribution >= 4 is 11.6 Å². The van der Waals surface area contributed by atoms with Gasteiger partial charge in [-0.3, -0.25) is 4.79 Å². The van der Waals surface area contributed by atoms with Crippen LogP contribution in [-0.4, -0.2) is 11.9 Å². The van der Waals surface area contributed by atoms with Crippen LogP contribution in [0.25, 0.3) is 0 Å². The van der Waals surface area contributed by atoms with Gasteiger partial charge in [0.1, 0.15) is 0 Å². The standard InChI is InChI=1S/C12H18N2O/c1-4-11(13)12(15)14-10-6-5-8(2)9(3)7-10/h5-7,11H,4,13H2,1-3H3,(H,14,15)/t11-/m1/s1. The zero-order valence-electron chi connectivity index (χ0n) is 9.50. The number of carbonyl (C=O) groups excluding carboxylic acids is 1. The van der Waals surface area contributed by atoms with Crippen LogP contribution in [-0.2, 0) is 4.79 Å². The SMILES string of the molecule is CC[C@@H](N)C(=O)Nc1ccc(C)c(C)c1. The van der Waals surface area contributed by atoms with E-state index in [0.717, 1.165) is 11.3 Å². The number of nitrogens with two attached hydrogens (primary N) is 1. The fourth-order valence-corrected chi connectivity index (χ4v) is 1.24. The van der Waals surface area contributed by atoms with Gasteiger partial charge >= 0.3 is 0 Å². The highest BCUT2D eigenvalue weighted by molar-refractivity contribution is 5.94. The van der Waals surface area contributed by atoms with Crippen LogP contribution in [0.5, 0.6) is 0 Å². The molecule has 0 bridgehead atoms. The quantitative estimate of drug-likeness (QED) is 0.794. The lowest BCUT2D eigenvalue weighted by Gasteiger charge is -2.11. The zero-order chi connectivity index (χ0) is 11.4. The molecule has 1 rings (SSSR count). The van der Waals surface area contributed by atoms with Gasteiger partial charge in [0, 0.05) is 5.69 Å². The first-order valence-corrected chi connectivity index (χ1v) is 5.18. The molecule has 1 atom stereocenters. The van der Waals surface area contributed by atoms with E-state index in [4.69, 9.17) is 5.73 Å². The fourth-order valence-electron chi connectivity index (χ4n) is 1.24. The van der Waals surface area contributed by atoms with Gasteiger partial charge < -0.3 is 11.1 Å². The van der Waals surface area contributed by atoms with Crippen molar-refractivity contribution in [2.24, 2.45) is 5.73 Å². The van der Waals surface area contributed by atoms with Crippen molar-refractivity contribution in [1.82, 2.24) is 0 Å². The van der Waals surface area contributed by atoms with Gasteiger partial charge in [0.15, 0.2) is 0 Å². The lowest BCUT2D eigenvalue weighted by Crippen LogP contribution is -2.34. The van der Waals surface area contributed by atoms with E-state index in [2.05, 4.69) is 5.32 Å². The summed E-state index contributed by atoms with van der Waals surface area (Å²) in [6.45, 7) is 5.95. The van der Waals surface area contributed by atoms with Gasteiger partial charge in [-0.1, -0.05) is 13.0 Å². The molecule has 0 unspecified atom stereocenters. The highest BCUT2D eigenvalue weighted by atomic mass is 16.2. The first-order chi connectivity index (χ1) is 7.04. The summed E-state index contributed by atoms with van der Waals surface area (Å²) in [6, 6.07) is 5.41. The molecule has 3 nitrogen and oxygen atoms in total. The third-order valence-electron chi connectivity index (χ3n) is 2.55. The van der Waals surface area contributed by atoms with Crippen molar-refractivity contribution in [3.8, 4) is 0 Å². The topological polar surface area (TPSA) is 55.1 Å². The Morgan fingerprint density at radius 1 is 1.40 bits per heavy atom. The van der Waals surface area contributed by atoms with Crippen molar-refractivity contribution in [1.29, 1.82) is 0 Å². The van der Waals surface area contributed by atoms with E-state index in [1.54, 1.807) is 0 Å². The van der Waals surface area contributed by atoms with Crippen LogP contribution in [0.2, 0.25) is 0 Å². The van der Waals surface area contributed by atoms with E-state index in [9.17, 15) is 4.79 Å². The zero-order valence-corrected chi connectivity index (χ0v) is 9.50. The maximum atomic E-state index is 11.5. The number of hydrogen-bond acceptors (Lipinski definition) is 2. The lowest BCUT2D eigenvalue weighted by molar-refractivity contribution is -0.117. The molecule has 3 N–H and O–H groups in total. The number of rotatable bonds is 3. The fraction of sp³-hybridized carbons (Fsp3) is 0.417. The van der Waals surface area contributed by atoms with Gasteiger partial charge in [-0.15, -0.1) is 0 Å². The maximum Gasteiger partial charge on any atom is 0.241 e. The highest BCUT2D eigenvalue weighted by Gasteiger charge is 2.10. The summed E-state index contributed by atoms with van der Waals surface area (Å²) in [7, 11) is 0. The summed E-state index contributed by atoms with van der Waals surface area (Å²) in [5.41, 5.74) is 8.81. The van der Waals surface area contributed by atoms with Crippen LogP contribution in [0.4, 0.5) is 5.69 Å². The summed E-state index contributed by atoms with van der Waals surface area (Å²) < 4.78 is 0. The third kappa shape index (κ3) is 3.06. The van der Waals surface area contributed by atoms with E-state index in [-0.39, 0.29) is 5.91 Å². The average Bonchev–Trinajstić information content (AvgIpc) is 2.22. The number of aryl methyl sites for hydroxylation is 2. The minimum absolute atomic E-state index is 0.124. The molecular formula is C12H18N2O. The van der Waals surface area contributed by atoms with Crippen molar-refractivity contribution in [3.63, 3.8) is 0 Å². The minimum atomic E-state index is -0.424. The van der Waals surface area contributed by atoms with Gasteiger partial charge in [0.2, 0.25) is 5.91 Å². The van der Waals surface area contributed by atoms with E-state index < -0.39 is 6.04 Å². The predicted octanol–water partition coefficient (Wildman–Crippen LogP) is 1.98. The summed E-state index contributed by atoms with van der Waals surface area (Å²) in [5, 5.41) is 2.80. The van der Waals surface area contributed by atoms with Crippen molar-refractivity contribution in [2.75, 3.05) is 5.32 Å². The molecule has 0 aliphatic heterocycles. The molecule has 3 heteroatoms. The molecule has 0 saturated carbocycles. The Hall–Kier alpha value is -1.35. The van der Waals surface area contributed by atoms with E-state index in [1.807, 2.05) is 39.0 Å². The first-order valence-electron chi connectivity index (χ1n) is 5.18. The molecule has 1 aromatic rings. The Kier molecular flexibility index (Phi) is 3.86. The van der Waals surface area contributed by atoms with Gasteiger partial charge in [0.05, 0.1) is 6.04 Å². The molecule has 0 spiro atoms. The molecule has 15 heavy (non-hydrogen) atoms. The Morgan fingerprint density at radius 3 is 2.60 bits per heavy atom. The Balaban J connectivity index is 2.73. The molecule has 1 amide bonds. The molecule has 0 fully saturated rings. The predicted molar refractivity (Wildman–Crippen MR) is 62.8 cm³/mol. The number of anilines is 1. The van der Waals surface area contributed by atoms with Gasteiger partial charge in [-0.2, -0.15) is 0 Å². The summed E-state index contributed by atoms with van der Waals surface area (Å²) in [4.78, 5) is 11.5. The molecule has 0 saturated heterocycles. The Morgan fingerprint density at radius 2 is 2.07 bits per heavy atom. The van der Waals surface area contributed by atoms with Crippen LogP contribution < -0.4 is 11.1 Å². The second kappa shape index (κ2) is 4.94. The summed E-state index contributed by atoms with van der Waals surface area (Å²) in [5.74, 6) is -0.124. The molecule has 0 aliphatic rings. The van der Waals surface area contributed by atoms with Crippen LogP contribution in [0.3, 0.4) is 0 Å². The highest BCUT2D eigenvalue weighted by Crippen LogP contribution is 2.14. The van der Waals surface area contributed by atoms with Gasteiger partial charge in [-0.25, -0.2) is 0 Å². The third-order valence-corrected chi connectivity index (χ3v) is 2.55. The maximum absolute atomic E-state index is 11.5. The lowest BCUT2D eigenvalue weighted by atomic mass is 10.1. The summed E-state index contributed by atoms with van der Waals surface area (Å²) in [6.07, 6.45) is 0.649. The molecule has 0 aromatic heterocycles. The summed E-state index contributed by atoms with van der Waals surface area (Å²) >= 11 is 0. The molecule has 0 heterocycles. The number of hydrogen-bond donors (Lipinski definition) is 2. The normalized spacial score (nSPS) is 12.3.